The first-order valence-electron chi connectivity index (χ1n) is 12.1. The summed E-state index contributed by atoms with van der Waals surface area (Å²) in [4.78, 5) is 26.6. The van der Waals surface area contributed by atoms with E-state index in [4.69, 9.17) is 9.47 Å². The number of aromatic nitrogens is 3. The predicted octanol–water partition coefficient (Wildman–Crippen LogP) is 6.55. The Morgan fingerprint density at radius 1 is 1.16 bits per heavy atom. The van der Waals surface area contributed by atoms with Gasteiger partial charge in [0, 0.05) is 29.0 Å². The Bertz CT molecular complexity index is 1510. The third kappa shape index (κ3) is 5.47. The van der Waals surface area contributed by atoms with Crippen molar-refractivity contribution in [2.75, 3.05) is 18.4 Å². The number of ether oxygens (including phenoxy) is 2. The standard InChI is InChI=1S/C27H26BrF2N5O3/c1-27(2,3)38-26(36)35-10-8-21(17(29)13-35)37-22-12-15(28)11-20-23(22)25(33-14-32-20)34-19-7-6-18-16(24(19)30)5-4-9-31-18/h4-7,9,11-12,14,17,21H,8,10,13H2,1-3H3,(H,32,33,34)/t17-,21-/m1/s1. The number of carbonyl (C=O) groups is 1. The Balaban J connectivity index is 1.43. The molecule has 0 bridgehead atoms. The van der Waals surface area contributed by atoms with E-state index in [1.54, 1.807) is 63.4 Å². The highest BCUT2D eigenvalue weighted by Gasteiger charge is 2.35. The van der Waals surface area contributed by atoms with Crippen LogP contribution < -0.4 is 10.1 Å². The van der Waals surface area contributed by atoms with Crippen LogP contribution in [0.15, 0.2) is 53.4 Å². The molecule has 198 valence electrons. The van der Waals surface area contributed by atoms with Crippen LogP contribution >= 0.6 is 15.9 Å². The zero-order valence-corrected chi connectivity index (χ0v) is 22.6. The summed E-state index contributed by atoms with van der Waals surface area (Å²) in [6, 6.07) is 10.1. The highest BCUT2D eigenvalue weighted by molar-refractivity contribution is 9.10. The molecule has 5 rings (SSSR count). The van der Waals surface area contributed by atoms with Gasteiger partial charge in [0.25, 0.3) is 0 Å². The molecule has 0 saturated carbocycles. The molecule has 4 aromatic rings. The van der Waals surface area contributed by atoms with Crippen LogP contribution in [0.25, 0.3) is 21.8 Å². The van der Waals surface area contributed by atoms with Crippen LogP contribution in [0.1, 0.15) is 27.2 Å². The molecule has 0 aliphatic carbocycles. The average Bonchev–Trinajstić information content (AvgIpc) is 2.86. The number of nitrogens with one attached hydrogen (secondary N) is 1. The van der Waals surface area contributed by atoms with Crippen LogP contribution in [0.2, 0.25) is 0 Å². The van der Waals surface area contributed by atoms with Crippen molar-refractivity contribution in [3.63, 3.8) is 0 Å². The summed E-state index contributed by atoms with van der Waals surface area (Å²) in [5.41, 5.74) is 0.586. The number of alkyl halides is 1. The molecule has 2 aromatic heterocycles. The molecule has 0 unspecified atom stereocenters. The first-order valence-corrected chi connectivity index (χ1v) is 12.9. The van der Waals surface area contributed by atoms with Gasteiger partial charge in [-0.25, -0.2) is 23.5 Å². The lowest BCUT2D eigenvalue weighted by atomic mass is 10.1. The van der Waals surface area contributed by atoms with Gasteiger partial charge in [0.15, 0.2) is 12.0 Å². The van der Waals surface area contributed by atoms with Crippen molar-refractivity contribution in [2.45, 2.75) is 45.1 Å². The molecule has 1 aliphatic rings. The van der Waals surface area contributed by atoms with Crippen molar-refractivity contribution in [3.05, 3.63) is 59.2 Å². The Hall–Kier alpha value is -3.60. The number of piperidine rings is 1. The fourth-order valence-corrected chi connectivity index (χ4v) is 4.75. The van der Waals surface area contributed by atoms with Crippen LogP contribution in [-0.4, -0.2) is 56.9 Å². The smallest absolute Gasteiger partial charge is 0.410 e. The number of benzene rings is 2. The number of nitrogens with zero attached hydrogens (tertiary/aromatic N) is 4. The van der Waals surface area contributed by atoms with E-state index in [0.29, 0.717) is 37.8 Å². The monoisotopic (exact) mass is 585 g/mol. The second-order valence-electron chi connectivity index (χ2n) is 10.0. The molecule has 2 aromatic carbocycles. The molecule has 2 atom stereocenters. The normalized spacial score (nSPS) is 18.0. The topological polar surface area (TPSA) is 89.5 Å². The maximum atomic E-state index is 15.3. The van der Waals surface area contributed by atoms with Crippen molar-refractivity contribution < 1.29 is 23.0 Å². The summed E-state index contributed by atoms with van der Waals surface area (Å²) in [5, 5.41) is 3.89. The van der Waals surface area contributed by atoms with E-state index in [1.165, 1.54) is 11.2 Å². The number of rotatable bonds is 4. The SMILES string of the molecule is CC(C)(C)OC(=O)N1CC[C@@H](Oc2cc(Br)cc3ncnc(Nc4ccc5ncccc5c4F)c23)[C@H](F)C1. The number of carbonyl (C=O) groups excluding carboxylic acids is 1. The van der Waals surface area contributed by atoms with E-state index in [2.05, 4.69) is 36.2 Å². The number of pyridine rings is 1. The average molecular weight is 586 g/mol. The van der Waals surface area contributed by atoms with Gasteiger partial charge < -0.3 is 19.7 Å². The number of halogens is 3. The van der Waals surface area contributed by atoms with Crippen LogP contribution in [0.5, 0.6) is 5.75 Å². The summed E-state index contributed by atoms with van der Waals surface area (Å²) in [6.45, 7) is 5.43. The van der Waals surface area contributed by atoms with Crippen LogP contribution in [0, 0.1) is 5.82 Å². The minimum atomic E-state index is -1.45. The molecule has 1 fully saturated rings. The number of fused-ring (bicyclic) bond motifs is 2. The second kappa shape index (κ2) is 10.3. The number of amides is 1. The number of hydrogen-bond acceptors (Lipinski definition) is 7. The van der Waals surface area contributed by atoms with Gasteiger partial charge in [-0.3, -0.25) is 4.98 Å². The first-order chi connectivity index (χ1) is 18.1. The van der Waals surface area contributed by atoms with Gasteiger partial charge >= 0.3 is 6.09 Å². The van der Waals surface area contributed by atoms with Gasteiger partial charge in [-0.05, 0) is 57.2 Å². The molecule has 38 heavy (non-hydrogen) atoms. The van der Waals surface area contributed by atoms with E-state index in [0.717, 1.165) is 0 Å². The highest BCUT2D eigenvalue weighted by atomic mass is 79.9. The van der Waals surface area contributed by atoms with E-state index in [-0.39, 0.29) is 25.2 Å². The maximum absolute atomic E-state index is 15.3. The lowest BCUT2D eigenvalue weighted by molar-refractivity contribution is -0.0102. The fraction of sp³-hybridized carbons (Fsp3) is 0.333. The maximum Gasteiger partial charge on any atom is 0.410 e. The van der Waals surface area contributed by atoms with Crippen molar-refractivity contribution in [1.82, 2.24) is 19.9 Å². The molecule has 1 amide bonds. The lowest BCUT2D eigenvalue weighted by Gasteiger charge is -2.35. The fourth-order valence-electron chi connectivity index (χ4n) is 4.32. The predicted molar refractivity (Wildman–Crippen MR) is 144 cm³/mol. The molecule has 8 nitrogen and oxygen atoms in total. The third-order valence-corrected chi connectivity index (χ3v) is 6.51. The zero-order chi connectivity index (χ0) is 27.0. The van der Waals surface area contributed by atoms with Crippen molar-refractivity contribution in [2.24, 2.45) is 0 Å². The lowest BCUT2D eigenvalue weighted by Crippen LogP contribution is -2.50. The Labute approximate surface area is 226 Å². The number of anilines is 2. The van der Waals surface area contributed by atoms with Gasteiger partial charge in [0.2, 0.25) is 0 Å². The Morgan fingerprint density at radius 2 is 1.97 bits per heavy atom. The summed E-state index contributed by atoms with van der Waals surface area (Å²) in [6.07, 6.45) is 0.402. The zero-order valence-electron chi connectivity index (χ0n) is 21.0. The van der Waals surface area contributed by atoms with Gasteiger partial charge in [-0.1, -0.05) is 15.9 Å². The minimum absolute atomic E-state index is 0.149. The van der Waals surface area contributed by atoms with Gasteiger partial charge in [-0.2, -0.15) is 0 Å². The first kappa shape index (κ1) is 26.0. The third-order valence-electron chi connectivity index (χ3n) is 6.05. The molecule has 0 spiro atoms. The van der Waals surface area contributed by atoms with Gasteiger partial charge in [0.05, 0.1) is 28.7 Å². The summed E-state index contributed by atoms with van der Waals surface area (Å²) in [5.74, 6) is 0.167. The second-order valence-corrected chi connectivity index (χ2v) is 10.9. The summed E-state index contributed by atoms with van der Waals surface area (Å²) < 4.78 is 42.7. The molecule has 0 radical (unpaired) electrons. The van der Waals surface area contributed by atoms with Gasteiger partial charge in [0.1, 0.15) is 29.6 Å². The van der Waals surface area contributed by atoms with E-state index in [9.17, 15) is 4.79 Å². The molecule has 1 aliphatic heterocycles. The molecular weight excluding hydrogens is 560 g/mol. The van der Waals surface area contributed by atoms with Crippen molar-refractivity contribution in [1.29, 1.82) is 0 Å². The largest absolute Gasteiger partial charge is 0.486 e. The Morgan fingerprint density at radius 3 is 2.74 bits per heavy atom. The van der Waals surface area contributed by atoms with E-state index in [1.807, 2.05) is 0 Å². The quantitative estimate of drug-likeness (QED) is 0.290. The number of hydrogen-bond donors (Lipinski definition) is 1. The molecule has 3 heterocycles. The highest BCUT2D eigenvalue weighted by Crippen LogP contribution is 2.37. The minimum Gasteiger partial charge on any atom is -0.486 e. The molecule has 1 saturated heterocycles. The number of likely N-dealkylation sites (tertiary alicyclic amines) is 1. The van der Waals surface area contributed by atoms with Crippen LogP contribution in [-0.2, 0) is 4.74 Å². The van der Waals surface area contributed by atoms with Gasteiger partial charge in [-0.15, -0.1) is 0 Å². The van der Waals surface area contributed by atoms with E-state index >= 15 is 8.78 Å². The van der Waals surface area contributed by atoms with Crippen LogP contribution in [0.4, 0.5) is 25.1 Å². The molecule has 1 N–H and O–H groups in total. The van der Waals surface area contributed by atoms with E-state index < -0.39 is 29.8 Å². The molecular formula is C27H26BrF2N5O3. The Kier molecular flexibility index (Phi) is 7.04. The summed E-state index contributed by atoms with van der Waals surface area (Å²) in [7, 11) is 0. The van der Waals surface area contributed by atoms with Crippen molar-refractivity contribution in [3.8, 4) is 5.75 Å². The van der Waals surface area contributed by atoms with Crippen molar-refractivity contribution >= 4 is 55.3 Å². The molecule has 11 heteroatoms. The van der Waals surface area contributed by atoms with Crippen LogP contribution in [0.3, 0.4) is 0 Å². The summed E-state index contributed by atoms with van der Waals surface area (Å²) >= 11 is 3.46.